The van der Waals surface area contributed by atoms with E-state index in [2.05, 4.69) is 93.2 Å². The number of rotatable bonds is 14. The van der Waals surface area contributed by atoms with Gasteiger partial charge in [-0.3, -0.25) is 24.4 Å². The fraction of sp³-hybridized carbons (Fsp3) is 0.660. The molecule has 4 saturated heterocycles. The van der Waals surface area contributed by atoms with Crippen LogP contribution in [0.1, 0.15) is 109 Å². The molecule has 0 aromatic heterocycles. The summed E-state index contributed by atoms with van der Waals surface area (Å²) >= 11 is 8.22. The Hall–Kier alpha value is -3.30. The van der Waals surface area contributed by atoms with Crippen molar-refractivity contribution in [3.05, 3.63) is 64.2 Å². The molecular formula is C47H67ClN10O4S. The van der Waals surface area contributed by atoms with Gasteiger partial charge in [-0.15, -0.1) is 11.8 Å². The Morgan fingerprint density at radius 2 is 1.73 bits per heavy atom. The third-order valence-corrected chi connectivity index (χ3v) is 16.2. The molecule has 0 spiro atoms. The van der Waals surface area contributed by atoms with E-state index in [-0.39, 0.29) is 71.9 Å². The summed E-state index contributed by atoms with van der Waals surface area (Å²) in [5.41, 5.74) is 17.7. The van der Waals surface area contributed by atoms with E-state index in [0.29, 0.717) is 40.5 Å². The summed E-state index contributed by atoms with van der Waals surface area (Å²) in [5, 5.41) is 16.6. The zero-order chi connectivity index (χ0) is 44.0. The number of benzene rings is 2. The number of ether oxygens (including phenoxy) is 2. The number of amides is 2. The van der Waals surface area contributed by atoms with E-state index in [1.807, 2.05) is 18.7 Å². The molecule has 342 valence electrons. The predicted octanol–water partition coefficient (Wildman–Crippen LogP) is 5.21. The number of nitriles is 1. The van der Waals surface area contributed by atoms with Crippen molar-refractivity contribution < 1.29 is 19.1 Å². The number of hydrogen-bond donors (Lipinski definition) is 6. The lowest BCUT2D eigenvalue weighted by atomic mass is 9.84. The van der Waals surface area contributed by atoms with E-state index in [1.54, 1.807) is 18.2 Å². The van der Waals surface area contributed by atoms with Crippen molar-refractivity contribution in [2.24, 2.45) is 16.8 Å². The van der Waals surface area contributed by atoms with Gasteiger partial charge in [-0.2, -0.15) is 5.26 Å². The van der Waals surface area contributed by atoms with Crippen LogP contribution < -0.4 is 37.1 Å². The van der Waals surface area contributed by atoms with Crippen molar-refractivity contribution in [3.63, 3.8) is 0 Å². The fourth-order valence-corrected chi connectivity index (χ4v) is 12.5. The van der Waals surface area contributed by atoms with Crippen LogP contribution in [0.3, 0.4) is 0 Å². The van der Waals surface area contributed by atoms with Crippen LogP contribution in [0.4, 0.5) is 0 Å². The molecule has 0 bridgehead atoms. The SMILES string of the molecule is CCNC(=O)C[C@@H]1N=C(c2ccc(CCCOC3CCN(C4CCC(C(=O)NC5CCC(Oc6ccc(C#N)c(Cl)c6)CC5)NN4)CC3)cc2)C2C(C)C(C)SC2N2C(C)NNC12. The van der Waals surface area contributed by atoms with E-state index < -0.39 is 0 Å². The maximum atomic E-state index is 13.2. The van der Waals surface area contributed by atoms with Gasteiger partial charge in [-0.05, 0) is 107 Å². The van der Waals surface area contributed by atoms with Gasteiger partial charge in [0.1, 0.15) is 17.9 Å². The second kappa shape index (κ2) is 21.3. The van der Waals surface area contributed by atoms with Crippen molar-refractivity contribution >= 4 is 40.9 Å². The molecule has 2 aromatic carbocycles. The Morgan fingerprint density at radius 3 is 2.43 bits per heavy atom. The molecule has 5 aliphatic heterocycles. The highest BCUT2D eigenvalue weighted by molar-refractivity contribution is 8.00. The van der Waals surface area contributed by atoms with Gasteiger partial charge >= 0.3 is 0 Å². The molecule has 5 heterocycles. The van der Waals surface area contributed by atoms with Gasteiger partial charge in [0.25, 0.3) is 0 Å². The maximum absolute atomic E-state index is 13.2. The molecule has 6 aliphatic rings. The number of piperidine rings is 1. The first-order valence-electron chi connectivity index (χ1n) is 23.5. The quantitative estimate of drug-likeness (QED) is 0.137. The molecular weight excluding hydrogens is 836 g/mol. The van der Waals surface area contributed by atoms with E-state index in [4.69, 9.17) is 31.3 Å². The lowest BCUT2D eigenvalue weighted by Crippen LogP contribution is -2.63. The summed E-state index contributed by atoms with van der Waals surface area (Å²) in [4.78, 5) is 36.5. The maximum Gasteiger partial charge on any atom is 0.238 e. The normalized spacial score (nSPS) is 32.8. The van der Waals surface area contributed by atoms with Crippen molar-refractivity contribution in [2.75, 3.05) is 26.2 Å². The van der Waals surface area contributed by atoms with Crippen LogP contribution in [-0.2, 0) is 20.7 Å². The van der Waals surface area contributed by atoms with Gasteiger partial charge in [-0.25, -0.2) is 21.7 Å². The summed E-state index contributed by atoms with van der Waals surface area (Å²) in [6.45, 7) is 12.2. The number of hydrogen-bond acceptors (Lipinski definition) is 13. The minimum Gasteiger partial charge on any atom is -0.490 e. The highest BCUT2D eigenvalue weighted by Gasteiger charge is 2.53. The highest BCUT2D eigenvalue weighted by atomic mass is 35.5. The van der Waals surface area contributed by atoms with E-state index in [9.17, 15) is 9.59 Å². The predicted molar refractivity (Wildman–Crippen MR) is 248 cm³/mol. The van der Waals surface area contributed by atoms with Crippen LogP contribution >= 0.6 is 23.4 Å². The third-order valence-electron chi connectivity index (χ3n) is 14.2. The Bertz CT molecular complexity index is 1950. The van der Waals surface area contributed by atoms with Gasteiger partial charge < -0.3 is 20.1 Å². The second-order valence-electron chi connectivity index (χ2n) is 18.4. The number of nitrogens with one attached hydrogen (secondary N) is 6. The fourth-order valence-electron chi connectivity index (χ4n) is 10.4. The summed E-state index contributed by atoms with van der Waals surface area (Å²) in [5.74, 6) is 1.49. The number of aryl methyl sites for hydroxylation is 1. The summed E-state index contributed by atoms with van der Waals surface area (Å²) in [6, 6.07) is 16.0. The van der Waals surface area contributed by atoms with Gasteiger partial charge in [0.2, 0.25) is 11.8 Å². The minimum absolute atomic E-state index is 0.0403. The Balaban J connectivity index is 0.739. The highest BCUT2D eigenvalue weighted by Crippen LogP contribution is 2.49. The van der Waals surface area contributed by atoms with Crippen LogP contribution in [0.2, 0.25) is 5.02 Å². The number of likely N-dealkylation sites (tertiary alicyclic amines) is 1. The lowest BCUT2D eigenvalue weighted by Gasteiger charge is -2.41. The number of fused-ring (bicyclic) bond motifs is 3. The zero-order valence-electron chi connectivity index (χ0n) is 37.3. The monoisotopic (exact) mass is 902 g/mol. The van der Waals surface area contributed by atoms with E-state index in [0.717, 1.165) is 95.2 Å². The Morgan fingerprint density at radius 1 is 0.952 bits per heavy atom. The number of nitrogens with zero attached hydrogens (tertiary/aromatic N) is 4. The van der Waals surface area contributed by atoms with Gasteiger partial charge in [0.15, 0.2) is 0 Å². The summed E-state index contributed by atoms with van der Waals surface area (Å²) in [6.07, 6.45) is 10.1. The molecule has 9 atom stereocenters. The molecule has 8 rings (SSSR count). The molecule has 2 amide bonds. The first kappa shape index (κ1) is 46.2. The lowest BCUT2D eigenvalue weighted by molar-refractivity contribution is -0.126. The van der Waals surface area contributed by atoms with E-state index in [1.165, 1.54) is 5.56 Å². The average molecular weight is 904 g/mol. The second-order valence-corrected chi connectivity index (χ2v) is 20.3. The molecule has 1 aliphatic carbocycles. The van der Waals surface area contributed by atoms with Crippen LogP contribution in [-0.4, -0.2) is 113 Å². The first-order valence-corrected chi connectivity index (χ1v) is 24.8. The third kappa shape index (κ3) is 11.0. The zero-order valence-corrected chi connectivity index (χ0v) is 38.9. The van der Waals surface area contributed by atoms with Crippen LogP contribution in [0.5, 0.6) is 5.75 Å². The number of halogens is 1. The first-order chi connectivity index (χ1) is 30.6. The minimum atomic E-state index is -0.250. The Kier molecular flexibility index (Phi) is 15.7. The molecule has 2 aromatic rings. The van der Waals surface area contributed by atoms with Crippen molar-refractivity contribution in [3.8, 4) is 11.8 Å². The van der Waals surface area contributed by atoms with Crippen molar-refractivity contribution in [1.82, 2.24) is 42.1 Å². The number of aliphatic imine (C=N–C) groups is 1. The molecule has 1 saturated carbocycles. The van der Waals surface area contributed by atoms with Gasteiger partial charge in [-0.1, -0.05) is 49.7 Å². The number of carbonyl (C=O) groups excluding carboxylic acids is 2. The average Bonchev–Trinajstić information content (AvgIpc) is 3.77. The van der Waals surface area contributed by atoms with Gasteiger partial charge in [0, 0.05) is 55.2 Å². The van der Waals surface area contributed by atoms with Crippen molar-refractivity contribution in [1.29, 1.82) is 5.26 Å². The molecule has 16 heteroatoms. The molecule has 63 heavy (non-hydrogen) atoms. The van der Waals surface area contributed by atoms with E-state index >= 15 is 0 Å². The van der Waals surface area contributed by atoms with Crippen LogP contribution in [0, 0.1) is 23.2 Å². The molecule has 0 radical (unpaired) electrons. The van der Waals surface area contributed by atoms with Crippen LogP contribution in [0.25, 0.3) is 0 Å². The summed E-state index contributed by atoms with van der Waals surface area (Å²) < 4.78 is 12.5. The standard InChI is InChI=1S/C47H67ClN10O4S/c1-5-50-42(59)26-40-45-56-53-30(4)58(45)47-43(28(2)29(3)63-47)44(52-40)32-10-8-31(9-11-32)7-6-24-61-35-20-22-57(23-21-35)41-19-18-39(54-55-41)46(60)51-34-13-16-36(17-14-34)62-37-15-12-33(27-49)38(48)25-37/h8-12,15,25,28-30,34-36,39-41,43,45,47,53-56H,5-7,13-14,16-24,26H2,1-4H3,(H,50,59)(H,51,60)/t28?,29?,30?,34?,36?,39?,40-,41?,43?,45?,47?/m0/s1. The summed E-state index contributed by atoms with van der Waals surface area (Å²) in [7, 11) is 0. The van der Waals surface area contributed by atoms with Crippen molar-refractivity contribution in [2.45, 2.75) is 158 Å². The molecule has 6 N–H and O–H groups in total. The largest absolute Gasteiger partial charge is 0.490 e. The number of hydrazine groups is 2. The number of thioether (sulfide) groups is 1. The van der Waals surface area contributed by atoms with Gasteiger partial charge in [0.05, 0.1) is 59.1 Å². The molecule has 5 fully saturated rings. The molecule has 14 nitrogen and oxygen atoms in total. The van der Waals surface area contributed by atoms with Crippen LogP contribution in [0.15, 0.2) is 47.5 Å². The number of carbonyl (C=O) groups is 2. The Labute approximate surface area is 382 Å². The smallest absolute Gasteiger partial charge is 0.238 e. The molecule has 8 unspecified atom stereocenters. The topological polar surface area (TPSA) is 167 Å².